The van der Waals surface area contributed by atoms with Crippen LogP contribution in [0.15, 0.2) is 18.2 Å². The number of nitrogens with two attached hydrogens (primary N) is 1. The lowest BCUT2D eigenvalue weighted by atomic mass is 10.1. The van der Waals surface area contributed by atoms with E-state index in [9.17, 15) is 14.9 Å². The normalized spacial score (nSPS) is 11.1. The Labute approximate surface area is 116 Å². The molecular formula is C11H16ClN3O4. The van der Waals surface area contributed by atoms with E-state index in [0.29, 0.717) is 5.75 Å². The SMILES string of the molecule is COc1ccc([N+](=O)[O-])c(C(=O)N[C@@H](C)CN)c1.Cl. The lowest BCUT2D eigenvalue weighted by Crippen LogP contribution is -2.38. The number of amides is 1. The van der Waals surface area contributed by atoms with Gasteiger partial charge in [0.1, 0.15) is 11.3 Å². The summed E-state index contributed by atoms with van der Waals surface area (Å²) in [5.41, 5.74) is 5.07. The van der Waals surface area contributed by atoms with Crippen molar-refractivity contribution in [1.82, 2.24) is 5.32 Å². The minimum atomic E-state index is -0.610. The second kappa shape index (κ2) is 7.55. The van der Waals surface area contributed by atoms with E-state index >= 15 is 0 Å². The smallest absolute Gasteiger partial charge is 0.282 e. The highest BCUT2D eigenvalue weighted by atomic mass is 35.5. The van der Waals surface area contributed by atoms with Crippen LogP contribution in [0, 0.1) is 10.1 Å². The molecule has 0 fully saturated rings. The molecule has 0 aromatic heterocycles. The predicted octanol–water partition coefficient (Wildman–Crippen LogP) is 1.10. The number of benzene rings is 1. The van der Waals surface area contributed by atoms with Gasteiger partial charge in [-0.3, -0.25) is 14.9 Å². The highest BCUT2D eigenvalue weighted by molar-refractivity contribution is 5.98. The summed E-state index contributed by atoms with van der Waals surface area (Å²) in [6.07, 6.45) is 0. The Bertz CT molecular complexity index is 467. The predicted molar refractivity (Wildman–Crippen MR) is 72.9 cm³/mol. The van der Waals surface area contributed by atoms with Gasteiger partial charge in [-0.25, -0.2) is 0 Å². The fraction of sp³-hybridized carbons (Fsp3) is 0.364. The number of methoxy groups -OCH3 is 1. The minimum absolute atomic E-state index is 0. The second-order valence-electron chi connectivity index (χ2n) is 3.75. The standard InChI is InChI=1S/C11H15N3O4.ClH/c1-7(6-12)13-11(15)9-5-8(18-2)3-4-10(9)14(16)17;/h3-5,7H,6,12H2,1-2H3,(H,13,15);1H/t7-;/m0./s1. The van der Waals surface area contributed by atoms with Crippen molar-refractivity contribution in [2.75, 3.05) is 13.7 Å². The Kier molecular flexibility index (Phi) is 6.81. The molecule has 1 aromatic rings. The molecular weight excluding hydrogens is 274 g/mol. The van der Waals surface area contributed by atoms with Crippen LogP contribution >= 0.6 is 12.4 Å². The van der Waals surface area contributed by atoms with E-state index < -0.39 is 10.8 Å². The van der Waals surface area contributed by atoms with Gasteiger partial charge in [-0.05, 0) is 19.1 Å². The van der Waals surface area contributed by atoms with Crippen LogP contribution in [0.3, 0.4) is 0 Å². The molecule has 106 valence electrons. The van der Waals surface area contributed by atoms with Crippen LogP contribution in [0.1, 0.15) is 17.3 Å². The van der Waals surface area contributed by atoms with E-state index in [1.807, 2.05) is 0 Å². The summed E-state index contributed by atoms with van der Waals surface area (Å²) in [6, 6.07) is 3.74. The van der Waals surface area contributed by atoms with Crippen molar-refractivity contribution in [2.45, 2.75) is 13.0 Å². The molecule has 0 bridgehead atoms. The van der Waals surface area contributed by atoms with E-state index in [1.54, 1.807) is 6.92 Å². The molecule has 8 heteroatoms. The highest BCUT2D eigenvalue weighted by Crippen LogP contribution is 2.23. The van der Waals surface area contributed by atoms with E-state index in [0.717, 1.165) is 0 Å². The molecule has 0 aliphatic carbocycles. The molecule has 1 rings (SSSR count). The third-order valence-electron chi connectivity index (χ3n) is 2.38. The molecule has 1 atom stereocenters. The van der Waals surface area contributed by atoms with Crippen LogP contribution in [0.4, 0.5) is 5.69 Å². The number of ether oxygens (including phenoxy) is 1. The number of carbonyl (C=O) groups is 1. The van der Waals surface area contributed by atoms with Gasteiger partial charge in [-0.15, -0.1) is 12.4 Å². The Morgan fingerprint density at radius 3 is 2.68 bits per heavy atom. The fourth-order valence-corrected chi connectivity index (χ4v) is 1.34. The summed E-state index contributed by atoms with van der Waals surface area (Å²) >= 11 is 0. The number of halogens is 1. The number of carbonyl (C=O) groups excluding carboxylic acids is 1. The summed E-state index contributed by atoms with van der Waals surface area (Å²) in [5.74, 6) is -0.162. The van der Waals surface area contributed by atoms with Gasteiger partial charge in [-0.1, -0.05) is 0 Å². The van der Waals surface area contributed by atoms with Crippen LogP contribution in [0.25, 0.3) is 0 Å². The van der Waals surface area contributed by atoms with Gasteiger partial charge >= 0.3 is 0 Å². The number of hydrogen-bond acceptors (Lipinski definition) is 5. The third kappa shape index (κ3) is 4.38. The van der Waals surface area contributed by atoms with Crippen molar-refractivity contribution in [2.24, 2.45) is 5.73 Å². The fourth-order valence-electron chi connectivity index (χ4n) is 1.34. The van der Waals surface area contributed by atoms with Gasteiger partial charge in [-0.2, -0.15) is 0 Å². The highest BCUT2D eigenvalue weighted by Gasteiger charge is 2.21. The average molecular weight is 290 g/mol. The topological polar surface area (TPSA) is 107 Å². The summed E-state index contributed by atoms with van der Waals surface area (Å²) in [4.78, 5) is 22.1. The zero-order valence-corrected chi connectivity index (χ0v) is 11.4. The van der Waals surface area contributed by atoms with Gasteiger partial charge in [0.05, 0.1) is 12.0 Å². The largest absolute Gasteiger partial charge is 0.497 e. The first kappa shape index (κ1) is 17.1. The maximum absolute atomic E-state index is 11.9. The molecule has 0 saturated carbocycles. The van der Waals surface area contributed by atoms with E-state index in [2.05, 4.69) is 5.32 Å². The minimum Gasteiger partial charge on any atom is -0.497 e. The second-order valence-corrected chi connectivity index (χ2v) is 3.75. The van der Waals surface area contributed by atoms with Gasteiger partial charge in [0.2, 0.25) is 0 Å². The first-order valence-corrected chi connectivity index (χ1v) is 5.33. The van der Waals surface area contributed by atoms with Crippen LogP contribution in [0.2, 0.25) is 0 Å². The Morgan fingerprint density at radius 1 is 1.58 bits per heavy atom. The number of rotatable bonds is 5. The Morgan fingerprint density at radius 2 is 2.21 bits per heavy atom. The molecule has 0 spiro atoms. The van der Waals surface area contributed by atoms with Crippen LogP contribution < -0.4 is 15.8 Å². The molecule has 0 aliphatic rings. The van der Waals surface area contributed by atoms with Crippen molar-refractivity contribution in [1.29, 1.82) is 0 Å². The molecule has 7 nitrogen and oxygen atoms in total. The van der Waals surface area contributed by atoms with Gasteiger partial charge in [0.25, 0.3) is 11.6 Å². The summed E-state index contributed by atoms with van der Waals surface area (Å²) < 4.78 is 4.94. The van der Waals surface area contributed by atoms with Crippen LogP contribution in [-0.2, 0) is 0 Å². The average Bonchev–Trinajstić information content (AvgIpc) is 2.37. The maximum atomic E-state index is 11.9. The van der Waals surface area contributed by atoms with Gasteiger partial charge in [0, 0.05) is 18.7 Å². The van der Waals surface area contributed by atoms with Gasteiger partial charge < -0.3 is 15.8 Å². The van der Waals surface area contributed by atoms with Gasteiger partial charge in [0.15, 0.2) is 0 Å². The maximum Gasteiger partial charge on any atom is 0.282 e. The number of nitrogens with zero attached hydrogens (tertiary/aromatic N) is 1. The molecule has 0 saturated heterocycles. The quantitative estimate of drug-likeness (QED) is 0.623. The molecule has 0 radical (unpaired) electrons. The molecule has 3 N–H and O–H groups in total. The zero-order valence-electron chi connectivity index (χ0n) is 10.6. The van der Waals surface area contributed by atoms with Crippen LogP contribution in [0.5, 0.6) is 5.75 Å². The summed E-state index contributed by atoms with van der Waals surface area (Å²) in [7, 11) is 1.42. The molecule has 0 aliphatic heterocycles. The van der Waals surface area contributed by atoms with Crippen molar-refractivity contribution in [3.8, 4) is 5.75 Å². The van der Waals surface area contributed by atoms with Crippen LogP contribution in [-0.4, -0.2) is 30.5 Å². The first-order valence-electron chi connectivity index (χ1n) is 5.33. The lowest BCUT2D eigenvalue weighted by molar-refractivity contribution is -0.385. The Hall–Kier alpha value is -1.86. The van der Waals surface area contributed by atoms with E-state index in [-0.39, 0.29) is 36.2 Å². The van der Waals surface area contributed by atoms with E-state index in [1.165, 1.54) is 25.3 Å². The van der Waals surface area contributed by atoms with Crippen molar-refractivity contribution in [3.63, 3.8) is 0 Å². The number of nitro groups is 1. The molecule has 1 aromatic carbocycles. The molecule has 1 amide bonds. The molecule has 0 heterocycles. The monoisotopic (exact) mass is 289 g/mol. The van der Waals surface area contributed by atoms with Crippen molar-refractivity contribution in [3.05, 3.63) is 33.9 Å². The number of hydrogen-bond donors (Lipinski definition) is 2. The van der Waals surface area contributed by atoms with Crippen molar-refractivity contribution >= 4 is 24.0 Å². The molecule has 0 unspecified atom stereocenters. The summed E-state index contributed by atoms with van der Waals surface area (Å²) in [5, 5.41) is 13.4. The van der Waals surface area contributed by atoms with E-state index in [4.69, 9.17) is 10.5 Å². The number of nitrogens with one attached hydrogen (secondary N) is 1. The summed E-state index contributed by atoms with van der Waals surface area (Å²) in [6.45, 7) is 1.97. The third-order valence-corrected chi connectivity index (χ3v) is 2.38. The lowest BCUT2D eigenvalue weighted by Gasteiger charge is -2.11. The number of nitro benzene ring substituents is 1. The van der Waals surface area contributed by atoms with Crippen molar-refractivity contribution < 1.29 is 14.5 Å². The first-order chi connectivity index (χ1) is 8.49. The molecule has 19 heavy (non-hydrogen) atoms. The zero-order chi connectivity index (χ0) is 13.7. The Balaban J connectivity index is 0.00000324.